The van der Waals surface area contributed by atoms with Crippen LogP contribution in [0.5, 0.6) is 0 Å². The highest BCUT2D eigenvalue weighted by molar-refractivity contribution is 7.91. The second-order valence-corrected chi connectivity index (χ2v) is 6.76. The number of amides is 1. The molecule has 0 aromatic heterocycles. The van der Waals surface area contributed by atoms with E-state index in [1.165, 1.54) is 12.1 Å². The van der Waals surface area contributed by atoms with Crippen molar-refractivity contribution in [3.05, 3.63) is 29.8 Å². The zero-order chi connectivity index (χ0) is 15.5. The molecule has 0 aliphatic carbocycles. The van der Waals surface area contributed by atoms with Gasteiger partial charge < -0.3 is 10.6 Å². The van der Waals surface area contributed by atoms with Gasteiger partial charge in [0.1, 0.15) is 0 Å². The summed E-state index contributed by atoms with van der Waals surface area (Å²) in [5.41, 5.74) is 0.244. The Morgan fingerprint density at radius 1 is 1.27 bits per heavy atom. The number of rotatable bonds is 4. The fourth-order valence-corrected chi connectivity index (χ4v) is 2.86. The Morgan fingerprint density at radius 2 is 1.91 bits per heavy atom. The van der Waals surface area contributed by atoms with E-state index in [1.54, 1.807) is 0 Å². The van der Waals surface area contributed by atoms with E-state index in [9.17, 15) is 22.0 Å². The minimum absolute atomic E-state index is 0. The second kappa shape index (κ2) is 7.85. The van der Waals surface area contributed by atoms with E-state index in [2.05, 4.69) is 10.6 Å². The molecule has 5 nitrogen and oxygen atoms in total. The lowest BCUT2D eigenvalue weighted by Crippen LogP contribution is -2.45. The maximum Gasteiger partial charge on any atom is 0.341 e. The molecule has 1 aliphatic heterocycles. The van der Waals surface area contributed by atoms with E-state index in [4.69, 9.17) is 0 Å². The average molecular weight is 355 g/mol. The molecule has 1 saturated heterocycles. The number of alkyl halides is 2. The molecule has 0 spiro atoms. The van der Waals surface area contributed by atoms with Crippen LogP contribution in [0.4, 0.5) is 8.78 Å². The van der Waals surface area contributed by atoms with Gasteiger partial charge in [0.2, 0.25) is 9.84 Å². The highest BCUT2D eigenvalue weighted by Gasteiger charge is 2.26. The molecule has 0 bridgehead atoms. The van der Waals surface area contributed by atoms with Gasteiger partial charge >= 0.3 is 5.76 Å². The van der Waals surface area contributed by atoms with E-state index in [1.807, 2.05) is 0 Å². The van der Waals surface area contributed by atoms with Crippen molar-refractivity contribution in [3.8, 4) is 0 Å². The van der Waals surface area contributed by atoms with Gasteiger partial charge in [0.15, 0.2) is 0 Å². The number of carbonyl (C=O) groups is 1. The van der Waals surface area contributed by atoms with Gasteiger partial charge in [-0.15, -0.1) is 12.4 Å². The van der Waals surface area contributed by atoms with Crippen molar-refractivity contribution >= 4 is 28.2 Å². The maximum atomic E-state index is 12.4. The van der Waals surface area contributed by atoms with Gasteiger partial charge in [-0.25, -0.2) is 8.42 Å². The normalized spacial score (nSPS) is 18.6. The molecule has 2 rings (SSSR count). The summed E-state index contributed by atoms with van der Waals surface area (Å²) in [5, 5.41) is 5.97. The van der Waals surface area contributed by atoms with Gasteiger partial charge in [-0.05, 0) is 43.7 Å². The van der Waals surface area contributed by atoms with Crippen LogP contribution in [0, 0.1) is 0 Å². The number of hydrogen-bond donors (Lipinski definition) is 2. The molecule has 0 saturated carbocycles. The fourth-order valence-electron chi connectivity index (χ4n) is 2.14. The molecule has 1 heterocycles. The van der Waals surface area contributed by atoms with Crippen LogP contribution in [-0.4, -0.2) is 39.2 Å². The van der Waals surface area contributed by atoms with Crippen molar-refractivity contribution in [2.45, 2.75) is 29.5 Å². The fraction of sp³-hybridized carbons (Fsp3) is 0.462. The number of benzene rings is 1. The molecule has 1 atom stereocenters. The first-order chi connectivity index (χ1) is 9.91. The molecular formula is C13H17ClF2N2O3S. The van der Waals surface area contributed by atoms with E-state index < -0.39 is 20.5 Å². The van der Waals surface area contributed by atoms with Crippen LogP contribution in [0.2, 0.25) is 0 Å². The molecule has 0 radical (unpaired) electrons. The summed E-state index contributed by atoms with van der Waals surface area (Å²) < 4.78 is 47.3. The molecule has 1 aliphatic rings. The Morgan fingerprint density at radius 3 is 2.41 bits per heavy atom. The molecule has 1 unspecified atom stereocenters. The zero-order valence-electron chi connectivity index (χ0n) is 11.6. The highest BCUT2D eigenvalue weighted by Crippen LogP contribution is 2.18. The summed E-state index contributed by atoms with van der Waals surface area (Å²) >= 11 is 0. The zero-order valence-corrected chi connectivity index (χ0v) is 13.2. The quantitative estimate of drug-likeness (QED) is 0.861. The smallest absolute Gasteiger partial charge is 0.341 e. The number of sulfone groups is 1. The Bertz CT molecular complexity index is 602. The number of hydrogen-bond acceptors (Lipinski definition) is 4. The third-order valence-electron chi connectivity index (χ3n) is 3.31. The van der Waals surface area contributed by atoms with Gasteiger partial charge in [0.25, 0.3) is 5.91 Å². The lowest BCUT2D eigenvalue weighted by atomic mass is 10.1. The van der Waals surface area contributed by atoms with E-state index in [-0.39, 0.29) is 29.9 Å². The summed E-state index contributed by atoms with van der Waals surface area (Å²) in [5.74, 6) is -3.81. The monoisotopic (exact) mass is 354 g/mol. The molecule has 1 aromatic carbocycles. The van der Waals surface area contributed by atoms with Crippen molar-refractivity contribution in [1.82, 2.24) is 10.6 Å². The van der Waals surface area contributed by atoms with Crippen molar-refractivity contribution < 1.29 is 22.0 Å². The Balaban J connectivity index is 0.00000242. The predicted octanol–water partition coefficient (Wildman–Crippen LogP) is 1.59. The van der Waals surface area contributed by atoms with Crippen LogP contribution in [0.3, 0.4) is 0 Å². The predicted molar refractivity (Wildman–Crippen MR) is 80.2 cm³/mol. The number of nitrogens with one attached hydrogen (secondary N) is 2. The molecule has 1 aromatic rings. The minimum Gasteiger partial charge on any atom is -0.348 e. The van der Waals surface area contributed by atoms with Crippen LogP contribution in [0.1, 0.15) is 23.2 Å². The van der Waals surface area contributed by atoms with Crippen molar-refractivity contribution in [2.75, 3.05) is 13.1 Å². The SMILES string of the molecule is Cl.O=C(NC1CCCNC1)c1ccc(S(=O)(=O)C(F)F)cc1. The minimum atomic E-state index is -4.62. The first-order valence-corrected chi connectivity index (χ1v) is 8.09. The molecule has 124 valence electrons. The van der Waals surface area contributed by atoms with Crippen LogP contribution in [0.25, 0.3) is 0 Å². The van der Waals surface area contributed by atoms with E-state index in [0.717, 1.165) is 31.5 Å². The van der Waals surface area contributed by atoms with Gasteiger partial charge in [-0.1, -0.05) is 0 Å². The third kappa shape index (κ3) is 4.37. The molecular weight excluding hydrogens is 338 g/mol. The Labute approximate surface area is 133 Å². The van der Waals surface area contributed by atoms with Gasteiger partial charge in [0.05, 0.1) is 4.90 Å². The van der Waals surface area contributed by atoms with E-state index >= 15 is 0 Å². The summed E-state index contributed by atoms with van der Waals surface area (Å²) in [6, 6.07) is 4.54. The standard InChI is InChI=1S/C13H16F2N2O3S.ClH/c14-13(15)21(19,20)11-5-3-9(4-6-11)12(18)17-10-2-1-7-16-8-10;/h3-6,10,13,16H,1-2,7-8H2,(H,17,18);1H. The molecule has 1 amide bonds. The molecule has 2 N–H and O–H groups in total. The van der Waals surface area contributed by atoms with Crippen LogP contribution in [0.15, 0.2) is 29.2 Å². The van der Waals surface area contributed by atoms with Crippen LogP contribution in [-0.2, 0) is 9.84 Å². The molecule has 22 heavy (non-hydrogen) atoms. The largest absolute Gasteiger partial charge is 0.348 e. The maximum absolute atomic E-state index is 12.4. The number of halogens is 3. The third-order valence-corrected chi connectivity index (χ3v) is 4.71. The number of piperidine rings is 1. The van der Waals surface area contributed by atoms with Crippen molar-refractivity contribution in [3.63, 3.8) is 0 Å². The highest BCUT2D eigenvalue weighted by atomic mass is 35.5. The first kappa shape index (κ1) is 18.8. The lowest BCUT2D eigenvalue weighted by molar-refractivity contribution is 0.0930. The lowest BCUT2D eigenvalue weighted by Gasteiger charge is -2.23. The van der Waals surface area contributed by atoms with Gasteiger partial charge in [-0.3, -0.25) is 4.79 Å². The average Bonchev–Trinajstić information content (AvgIpc) is 2.48. The molecule has 1 fully saturated rings. The van der Waals surface area contributed by atoms with Gasteiger partial charge in [-0.2, -0.15) is 8.78 Å². The summed E-state index contributed by atoms with van der Waals surface area (Å²) in [6.07, 6.45) is 1.84. The van der Waals surface area contributed by atoms with Crippen molar-refractivity contribution in [2.24, 2.45) is 0 Å². The van der Waals surface area contributed by atoms with E-state index in [0.29, 0.717) is 6.54 Å². The topological polar surface area (TPSA) is 75.3 Å². The second-order valence-electron chi connectivity index (χ2n) is 4.85. The van der Waals surface area contributed by atoms with Crippen molar-refractivity contribution in [1.29, 1.82) is 0 Å². The summed E-state index contributed by atoms with van der Waals surface area (Å²) in [7, 11) is -4.62. The Kier molecular flexibility index (Phi) is 6.70. The summed E-state index contributed by atoms with van der Waals surface area (Å²) in [6.45, 7) is 1.61. The summed E-state index contributed by atoms with van der Waals surface area (Å²) in [4.78, 5) is 11.5. The number of carbonyl (C=O) groups excluding carboxylic acids is 1. The van der Waals surface area contributed by atoms with Crippen LogP contribution < -0.4 is 10.6 Å². The van der Waals surface area contributed by atoms with Crippen LogP contribution >= 0.6 is 12.4 Å². The first-order valence-electron chi connectivity index (χ1n) is 6.55. The molecule has 9 heteroatoms. The van der Waals surface area contributed by atoms with Gasteiger partial charge in [0, 0.05) is 18.2 Å². The Hall–Kier alpha value is -1.25.